The van der Waals surface area contributed by atoms with Gasteiger partial charge in [-0.05, 0) is 84.6 Å². The summed E-state index contributed by atoms with van der Waals surface area (Å²) in [4.78, 5) is 5.68. The zero-order valence-electron chi connectivity index (χ0n) is 25.7. The van der Waals surface area contributed by atoms with E-state index in [-0.39, 0.29) is 6.04 Å². The van der Waals surface area contributed by atoms with Crippen molar-refractivity contribution < 1.29 is 9.39 Å². The second kappa shape index (κ2) is 11.8. The Bertz CT molecular complexity index is 1760. The lowest BCUT2D eigenvalue weighted by Gasteiger charge is -2.33. The molecule has 43 heavy (non-hydrogen) atoms. The van der Waals surface area contributed by atoms with Crippen molar-refractivity contribution in [3.63, 3.8) is 0 Å². The highest BCUT2D eigenvalue weighted by Crippen LogP contribution is 2.36. The lowest BCUT2D eigenvalue weighted by atomic mass is 9.75. The highest BCUT2D eigenvalue weighted by atomic mass is 16.5. The molecule has 6 rings (SSSR count). The number of H-pyrrole nitrogens is 1. The molecule has 5 N–H and O–H groups in total. The molecule has 3 aromatic carbocycles. The van der Waals surface area contributed by atoms with Crippen LogP contribution in [0.1, 0.15) is 54.8 Å². The van der Waals surface area contributed by atoms with Crippen LogP contribution in [0.5, 0.6) is 11.5 Å². The smallest absolute Gasteiger partial charge is 0.479 e. The maximum atomic E-state index is 6.83. The highest BCUT2D eigenvalue weighted by Gasteiger charge is 2.29. The van der Waals surface area contributed by atoms with Crippen molar-refractivity contribution in [2.45, 2.75) is 53.6 Å². The first kappa shape index (κ1) is 28.9. The molecule has 1 atom stereocenters. The van der Waals surface area contributed by atoms with E-state index in [1.807, 2.05) is 47.3 Å². The third kappa shape index (κ3) is 5.75. The molecule has 0 amide bonds. The zero-order chi connectivity index (χ0) is 30.2. The van der Waals surface area contributed by atoms with E-state index < -0.39 is 7.05 Å². The zero-order valence-corrected chi connectivity index (χ0v) is 25.7. The number of nitrogen functional groups attached to an aromatic ring is 1. The molecule has 0 fully saturated rings. The van der Waals surface area contributed by atoms with Crippen LogP contribution in [0.3, 0.4) is 0 Å². The summed E-state index contributed by atoms with van der Waals surface area (Å²) in [6, 6.07) is 20.6. The van der Waals surface area contributed by atoms with Crippen molar-refractivity contribution >= 4 is 29.2 Å². The lowest BCUT2D eigenvalue weighted by molar-refractivity contribution is 0.191. The molecule has 0 aliphatic carbocycles. The van der Waals surface area contributed by atoms with Crippen LogP contribution in [0.2, 0.25) is 0 Å². The number of hydrogen-bond donors (Lipinski definition) is 3. The van der Waals surface area contributed by atoms with Crippen LogP contribution in [0.25, 0.3) is 16.6 Å². The average molecular weight is 577 g/mol. The Hall–Kier alpha value is -4.21. The Morgan fingerprint density at radius 3 is 2.67 bits per heavy atom. The van der Waals surface area contributed by atoms with Gasteiger partial charge in [0.2, 0.25) is 0 Å². The second-order valence-electron chi connectivity index (χ2n) is 12.1. The molecule has 3 heterocycles. The Kier molecular flexibility index (Phi) is 7.94. The van der Waals surface area contributed by atoms with E-state index in [9.17, 15) is 0 Å². The van der Waals surface area contributed by atoms with Crippen LogP contribution in [0.4, 0.5) is 5.82 Å². The standard InChI is InChI=1S/C34H41BN6O2/c1-21(2)20-42-32-8-6-7-23(4)33(32)41-34(36)29-19-40(16-14-31(29)39-41)24(5)28-18-27(11-9-22(28)3)43-35(37)26-10-12-30-25(17-26)13-15-38-30/h6-13,15,17-18,21,24,38H,14,16,19-20,36-37H2,1-5H3. The molecule has 8 nitrogen and oxygen atoms in total. The minimum Gasteiger partial charge on any atom is -0.542 e. The maximum Gasteiger partial charge on any atom is 0.479 e. The fourth-order valence-electron chi connectivity index (χ4n) is 5.99. The minimum atomic E-state index is -0.566. The van der Waals surface area contributed by atoms with Gasteiger partial charge in [-0.15, -0.1) is 0 Å². The van der Waals surface area contributed by atoms with E-state index in [4.69, 9.17) is 25.9 Å². The van der Waals surface area contributed by atoms with Gasteiger partial charge in [0.1, 0.15) is 23.0 Å². The first-order valence-electron chi connectivity index (χ1n) is 15.1. The van der Waals surface area contributed by atoms with Crippen molar-refractivity contribution in [1.29, 1.82) is 0 Å². The quantitative estimate of drug-likeness (QED) is 0.202. The van der Waals surface area contributed by atoms with Crippen LogP contribution in [-0.4, -0.2) is 39.9 Å². The molecule has 0 saturated carbocycles. The number of aryl methyl sites for hydroxylation is 2. The Morgan fingerprint density at radius 2 is 1.86 bits per heavy atom. The van der Waals surface area contributed by atoms with Gasteiger partial charge in [0.25, 0.3) is 0 Å². The number of rotatable bonds is 9. The molecule has 0 bridgehead atoms. The second-order valence-corrected chi connectivity index (χ2v) is 12.1. The number of ether oxygens (including phenoxy) is 1. The van der Waals surface area contributed by atoms with E-state index in [1.54, 1.807) is 0 Å². The van der Waals surface area contributed by atoms with E-state index >= 15 is 0 Å². The van der Waals surface area contributed by atoms with Crippen LogP contribution in [-0.2, 0) is 13.0 Å². The number of benzene rings is 3. The van der Waals surface area contributed by atoms with Crippen molar-refractivity contribution in [3.8, 4) is 17.2 Å². The number of aromatic nitrogens is 3. The molecule has 1 aliphatic heterocycles. The predicted octanol–water partition coefficient (Wildman–Crippen LogP) is 5.44. The van der Waals surface area contributed by atoms with Gasteiger partial charge in [0.15, 0.2) is 0 Å². The molecular formula is C34H41BN6O2. The first-order valence-corrected chi connectivity index (χ1v) is 15.1. The van der Waals surface area contributed by atoms with E-state index in [2.05, 4.69) is 68.8 Å². The number of nitrogens with one attached hydrogen (secondary N) is 1. The molecule has 1 unspecified atom stereocenters. The normalized spacial score (nSPS) is 14.2. The SMILES string of the molecule is Cc1ccc(OB(N)c2ccc3[nH]ccc3c2)cc1C(C)N1CCc2nn(-c3c(C)cccc3OCC(C)C)c(N)c2C1. The van der Waals surface area contributed by atoms with Gasteiger partial charge >= 0.3 is 7.05 Å². The van der Waals surface area contributed by atoms with E-state index in [0.29, 0.717) is 18.3 Å². The molecule has 5 aromatic rings. The van der Waals surface area contributed by atoms with Crippen LogP contribution >= 0.6 is 0 Å². The Morgan fingerprint density at radius 1 is 1.02 bits per heavy atom. The molecular weight excluding hydrogens is 535 g/mol. The fourth-order valence-corrected chi connectivity index (χ4v) is 5.99. The third-order valence-corrected chi connectivity index (χ3v) is 8.51. The average Bonchev–Trinajstić information content (AvgIpc) is 3.60. The number of hydrogen-bond acceptors (Lipinski definition) is 6. The van der Waals surface area contributed by atoms with Crippen molar-refractivity contribution in [2.24, 2.45) is 11.6 Å². The van der Waals surface area contributed by atoms with Gasteiger partial charge in [-0.25, -0.2) is 4.68 Å². The van der Waals surface area contributed by atoms with Gasteiger partial charge < -0.3 is 25.8 Å². The highest BCUT2D eigenvalue weighted by molar-refractivity contribution is 6.65. The number of nitrogens with two attached hydrogens (primary N) is 2. The molecule has 9 heteroatoms. The van der Waals surface area contributed by atoms with Gasteiger partial charge in [-0.2, -0.15) is 5.10 Å². The van der Waals surface area contributed by atoms with E-state index in [1.165, 1.54) is 11.1 Å². The van der Waals surface area contributed by atoms with Gasteiger partial charge in [-0.3, -0.25) is 4.90 Å². The fraction of sp³-hybridized carbons (Fsp3) is 0.324. The van der Waals surface area contributed by atoms with E-state index in [0.717, 1.165) is 69.9 Å². The number of aromatic amines is 1. The largest absolute Gasteiger partial charge is 0.542 e. The predicted molar refractivity (Wildman–Crippen MR) is 175 cm³/mol. The first-order chi connectivity index (χ1) is 20.7. The molecule has 222 valence electrons. The van der Waals surface area contributed by atoms with Crippen molar-refractivity contribution in [1.82, 2.24) is 19.7 Å². The third-order valence-electron chi connectivity index (χ3n) is 8.51. The summed E-state index contributed by atoms with van der Waals surface area (Å²) < 4.78 is 14.3. The maximum absolute atomic E-state index is 6.83. The van der Waals surface area contributed by atoms with Crippen molar-refractivity contribution in [2.75, 3.05) is 18.9 Å². The summed E-state index contributed by atoms with van der Waals surface area (Å²) in [6.45, 7) is 13.0. The summed E-state index contributed by atoms with van der Waals surface area (Å²) in [5, 5.41) is 6.11. The van der Waals surface area contributed by atoms with Crippen LogP contribution in [0.15, 0.2) is 66.9 Å². The number of fused-ring (bicyclic) bond motifs is 2. The lowest BCUT2D eigenvalue weighted by Crippen LogP contribution is -2.45. The molecule has 2 aromatic heterocycles. The summed E-state index contributed by atoms with van der Waals surface area (Å²) >= 11 is 0. The molecule has 0 spiro atoms. The van der Waals surface area contributed by atoms with Gasteiger partial charge in [-0.1, -0.05) is 44.2 Å². The Labute approximate surface area is 254 Å². The van der Waals surface area contributed by atoms with Gasteiger partial charge in [0, 0.05) is 42.8 Å². The van der Waals surface area contributed by atoms with Gasteiger partial charge in [0.05, 0.1) is 12.3 Å². The number of para-hydroxylation sites is 1. The molecule has 0 saturated heterocycles. The summed E-state index contributed by atoms with van der Waals surface area (Å²) in [6.07, 6.45) is 2.76. The topological polar surface area (TPSA) is 107 Å². The summed E-state index contributed by atoms with van der Waals surface area (Å²) in [5.74, 6) is 2.66. The summed E-state index contributed by atoms with van der Waals surface area (Å²) in [5.41, 5.74) is 21.9. The number of anilines is 1. The number of nitrogens with zero attached hydrogens (tertiary/aromatic N) is 3. The van der Waals surface area contributed by atoms with Crippen molar-refractivity contribution in [3.05, 3.63) is 94.8 Å². The Balaban J connectivity index is 1.22. The molecule has 0 radical (unpaired) electrons. The minimum absolute atomic E-state index is 0.148. The van der Waals surface area contributed by atoms with Crippen LogP contribution < -0.4 is 26.2 Å². The monoisotopic (exact) mass is 576 g/mol. The van der Waals surface area contributed by atoms with Crippen LogP contribution in [0, 0.1) is 19.8 Å². The molecule has 1 aliphatic rings. The summed E-state index contributed by atoms with van der Waals surface area (Å²) in [7, 11) is -0.566.